The third kappa shape index (κ3) is 3.42. The fourth-order valence-electron chi connectivity index (χ4n) is 2.67. The molecule has 130 valence electrons. The Balaban J connectivity index is 1.66. The minimum atomic E-state index is -0.454. The second-order valence-electron chi connectivity index (χ2n) is 5.81. The summed E-state index contributed by atoms with van der Waals surface area (Å²) < 4.78 is 16.6. The fraction of sp³-hybridized carbons (Fsp3) is 0.294. The van der Waals surface area contributed by atoms with Crippen molar-refractivity contribution in [1.29, 1.82) is 0 Å². The molecule has 0 radical (unpaired) electrons. The highest BCUT2D eigenvalue weighted by molar-refractivity contribution is 5.76. The first-order chi connectivity index (χ1) is 12.0. The topological polar surface area (TPSA) is 81.8 Å². The van der Waals surface area contributed by atoms with Crippen molar-refractivity contribution in [2.24, 2.45) is 7.05 Å². The number of carbonyl (C=O) groups is 1. The van der Waals surface area contributed by atoms with Gasteiger partial charge in [-0.1, -0.05) is 18.2 Å². The molecule has 0 fully saturated rings. The molecule has 2 heterocycles. The van der Waals surface area contributed by atoms with E-state index in [4.69, 9.17) is 0 Å². The predicted octanol–water partition coefficient (Wildman–Crippen LogP) is 1.54. The van der Waals surface area contributed by atoms with Gasteiger partial charge in [0.25, 0.3) is 5.56 Å². The predicted molar refractivity (Wildman–Crippen MR) is 90.3 cm³/mol. The van der Waals surface area contributed by atoms with Gasteiger partial charge in [-0.15, -0.1) is 0 Å². The van der Waals surface area contributed by atoms with Crippen LogP contribution in [0.15, 0.2) is 41.6 Å². The van der Waals surface area contributed by atoms with E-state index < -0.39 is 6.04 Å². The Morgan fingerprint density at radius 1 is 1.36 bits per heavy atom. The second-order valence-corrected chi connectivity index (χ2v) is 5.81. The summed E-state index contributed by atoms with van der Waals surface area (Å²) in [6, 6.07) is 5.85. The summed E-state index contributed by atoms with van der Waals surface area (Å²) in [7, 11) is 1.71. The largest absolute Gasteiger partial charge is 0.349 e. The molecule has 8 heteroatoms. The van der Waals surface area contributed by atoms with Crippen LogP contribution in [-0.4, -0.2) is 25.2 Å². The van der Waals surface area contributed by atoms with E-state index in [-0.39, 0.29) is 30.2 Å². The van der Waals surface area contributed by atoms with Gasteiger partial charge in [0, 0.05) is 25.6 Å². The van der Waals surface area contributed by atoms with Crippen LogP contribution < -0.4 is 10.9 Å². The van der Waals surface area contributed by atoms with E-state index >= 15 is 0 Å². The summed E-state index contributed by atoms with van der Waals surface area (Å²) in [6.45, 7) is 1.90. The fourth-order valence-corrected chi connectivity index (χ4v) is 2.67. The van der Waals surface area contributed by atoms with Crippen LogP contribution in [0, 0.1) is 5.82 Å². The first-order valence-electron chi connectivity index (χ1n) is 7.88. The zero-order valence-electron chi connectivity index (χ0n) is 13.9. The van der Waals surface area contributed by atoms with Crippen molar-refractivity contribution in [1.82, 2.24) is 24.6 Å². The molecule has 1 amide bonds. The molecule has 0 aliphatic carbocycles. The zero-order chi connectivity index (χ0) is 18.0. The summed E-state index contributed by atoms with van der Waals surface area (Å²) >= 11 is 0. The number of rotatable bonds is 5. The molecule has 1 unspecified atom stereocenters. The normalized spacial score (nSPS) is 12.3. The molecule has 0 bridgehead atoms. The number of fused-ring (bicyclic) bond motifs is 1. The molecular formula is C17H18FN5O2. The SMILES string of the molecule is CC(NC(=O)CCn1cnc2c(cnn2C)c1=O)c1ccccc1F. The van der Waals surface area contributed by atoms with Crippen LogP contribution in [0.25, 0.3) is 11.0 Å². The number of nitrogens with zero attached hydrogens (tertiary/aromatic N) is 4. The van der Waals surface area contributed by atoms with E-state index in [0.717, 1.165) is 0 Å². The third-order valence-electron chi connectivity index (χ3n) is 4.05. The summed E-state index contributed by atoms with van der Waals surface area (Å²) in [5, 5.41) is 7.14. The average Bonchev–Trinajstić information content (AvgIpc) is 2.96. The highest BCUT2D eigenvalue weighted by Crippen LogP contribution is 2.16. The van der Waals surface area contributed by atoms with E-state index in [9.17, 15) is 14.0 Å². The van der Waals surface area contributed by atoms with Gasteiger partial charge in [-0.2, -0.15) is 5.10 Å². The van der Waals surface area contributed by atoms with Crippen LogP contribution in [0.4, 0.5) is 4.39 Å². The first-order valence-corrected chi connectivity index (χ1v) is 7.88. The van der Waals surface area contributed by atoms with Crippen LogP contribution >= 0.6 is 0 Å². The Kier molecular flexibility index (Phi) is 4.60. The minimum Gasteiger partial charge on any atom is -0.349 e. The Bertz CT molecular complexity index is 979. The average molecular weight is 343 g/mol. The van der Waals surface area contributed by atoms with E-state index in [1.54, 1.807) is 32.2 Å². The monoisotopic (exact) mass is 343 g/mol. The highest BCUT2D eigenvalue weighted by atomic mass is 19.1. The van der Waals surface area contributed by atoms with Crippen LogP contribution in [-0.2, 0) is 18.4 Å². The van der Waals surface area contributed by atoms with Crippen molar-refractivity contribution in [2.45, 2.75) is 25.9 Å². The molecule has 2 aromatic heterocycles. The van der Waals surface area contributed by atoms with Crippen molar-refractivity contribution >= 4 is 16.9 Å². The zero-order valence-corrected chi connectivity index (χ0v) is 13.9. The highest BCUT2D eigenvalue weighted by Gasteiger charge is 2.14. The maximum absolute atomic E-state index is 13.7. The van der Waals surface area contributed by atoms with Gasteiger partial charge >= 0.3 is 0 Å². The second kappa shape index (κ2) is 6.84. The molecule has 1 atom stereocenters. The lowest BCUT2D eigenvalue weighted by Crippen LogP contribution is -2.29. The van der Waals surface area contributed by atoms with Crippen molar-refractivity contribution in [2.75, 3.05) is 0 Å². The van der Waals surface area contributed by atoms with E-state index in [1.165, 1.54) is 27.8 Å². The number of benzene rings is 1. The Morgan fingerprint density at radius 2 is 2.12 bits per heavy atom. The summed E-state index contributed by atoms with van der Waals surface area (Å²) in [5.41, 5.74) is 0.679. The van der Waals surface area contributed by atoms with Crippen LogP contribution in [0.3, 0.4) is 0 Å². The van der Waals surface area contributed by atoms with Crippen molar-refractivity contribution in [3.8, 4) is 0 Å². The molecule has 1 N–H and O–H groups in total. The minimum absolute atomic E-state index is 0.0894. The molecule has 3 aromatic rings. The van der Waals surface area contributed by atoms with Gasteiger partial charge in [-0.05, 0) is 13.0 Å². The molecule has 1 aromatic carbocycles. The molecule has 7 nitrogen and oxygen atoms in total. The molecule has 25 heavy (non-hydrogen) atoms. The number of aromatic nitrogens is 4. The van der Waals surface area contributed by atoms with Gasteiger partial charge in [0.1, 0.15) is 11.2 Å². The molecular weight excluding hydrogens is 325 g/mol. The van der Waals surface area contributed by atoms with Gasteiger partial charge in [0.05, 0.1) is 18.6 Å². The quantitative estimate of drug-likeness (QED) is 0.762. The van der Waals surface area contributed by atoms with Crippen molar-refractivity contribution < 1.29 is 9.18 Å². The number of hydrogen-bond acceptors (Lipinski definition) is 4. The lowest BCUT2D eigenvalue weighted by molar-refractivity contribution is -0.122. The van der Waals surface area contributed by atoms with E-state index in [2.05, 4.69) is 15.4 Å². The van der Waals surface area contributed by atoms with Gasteiger partial charge in [0.2, 0.25) is 5.91 Å². The maximum atomic E-state index is 13.7. The smallest absolute Gasteiger partial charge is 0.264 e. The molecule has 0 aliphatic rings. The first kappa shape index (κ1) is 16.8. The van der Waals surface area contributed by atoms with E-state index in [1.807, 2.05) is 0 Å². The molecule has 0 spiro atoms. The van der Waals surface area contributed by atoms with Gasteiger partial charge in [-0.3, -0.25) is 18.8 Å². The summed E-state index contributed by atoms with van der Waals surface area (Å²) in [5.74, 6) is -0.633. The Hall–Kier alpha value is -3.03. The van der Waals surface area contributed by atoms with Gasteiger partial charge in [0.15, 0.2) is 5.65 Å². The van der Waals surface area contributed by atoms with E-state index in [0.29, 0.717) is 16.6 Å². The molecule has 0 saturated heterocycles. The van der Waals surface area contributed by atoms with Gasteiger partial charge in [-0.25, -0.2) is 9.37 Å². The Labute approximate surface area is 143 Å². The number of nitrogens with one attached hydrogen (secondary N) is 1. The van der Waals surface area contributed by atoms with Crippen molar-refractivity contribution in [3.05, 3.63) is 58.5 Å². The summed E-state index contributed by atoms with van der Waals surface area (Å²) in [6.07, 6.45) is 2.95. The Morgan fingerprint density at radius 3 is 2.88 bits per heavy atom. The van der Waals surface area contributed by atoms with Crippen LogP contribution in [0.1, 0.15) is 24.9 Å². The lowest BCUT2D eigenvalue weighted by Gasteiger charge is -2.15. The lowest BCUT2D eigenvalue weighted by atomic mass is 10.1. The standard InChI is InChI=1S/C17H18FN5O2/c1-11(12-5-3-4-6-14(12)18)21-15(24)7-8-23-10-19-16-13(17(23)25)9-20-22(16)2/h3-6,9-11H,7-8H2,1-2H3,(H,21,24). The molecule has 3 rings (SSSR count). The molecule has 0 saturated carbocycles. The number of aryl methyl sites for hydroxylation is 2. The number of hydrogen-bond donors (Lipinski definition) is 1. The number of amides is 1. The van der Waals surface area contributed by atoms with Crippen molar-refractivity contribution in [3.63, 3.8) is 0 Å². The number of carbonyl (C=O) groups excluding carboxylic acids is 1. The number of halogens is 1. The van der Waals surface area contributed by atoms with Gasteiger partial charge < -0.3 is 5.32 Å². The maximum Gasteiger partial charge on any atom is 0.264 e. The van der Waals surface area contributed by atoms with Crippen LogP contribution in [0.5, 0.6) is 0 Å². The molecule has 0 aliphatic heterocycles. The third-order valence-corrected chi connectivity index (χ3v) is 4.05. The van der Waals surface area contributed by atoms with Crippen LogP contribution in [0.2, 0.25) is 0 Å². The summed E-state index contributed by atoms with van der Waals surface area (Å²) in [4.78, 5) is 28.6.